The number of rotatable bonds is 7. The van der Waals surface area contributed by atoms with Crippen LogP contribution in [0.3, 0.4) is 0 Å². The van der Waals surface area contributed by atoms with Crippen molar-refractivity contribution in [2.75, 3.05) is 0 Å². The van der Waals surface area contributed by atoms with Gasteiger partial charge in [-0.15, -0.1) is 0 Å². The minimum absolute atomic E-state index is 0.290. The number of aromatic nitrogens is 4. The van der Waals surface area contributed by atoms with Crippen LogP contribution in [-0.4, -0.2) is 30.2 Å². The first-order chi connectivity index (χ1) is 15.5. The van der Waals surface area contributed by atoms with E-state index in [0.717, 1.165) is 30.0 Å². The van der Waals surface area contributed by atoms with Crippen LogP contribution in [-0.2, 0) is 17.9 Å². The summed E-state index contributed by atoms with van der Waals surface area (Å²) < 4.78 is 2.99. The van der Waals surface area contributed by atoms with Crippen molar-refractivity contribution in [1.82, 2.24) is 19.1 Å². The molecule has 0 atom stereocenters. The maximum absolute atomic E-state index is 13.2. The van der Waals surface area contributed by atoms with E-state index in [-0.39, 0.29) is 11.2 Å². The number of aliphatic carboxylic acids is 1. The van der Waals surface area contributed by atoms with Gasteiger partial charge in [0.25, 0.3) is 5.56 Å². The summed E-state index contributed by atoms with van der Waals surface area (Å²) in [6, 6.07) is 7.19. The third kappa shape index (κ3) is 4.44. The molecule has 0 saturated heterocycles. The minimum Gasteiger partial charge on any atom is -0.478 e. The Kier molecular flexibility index (Phi) is 6.39. The van der Waals surface area contributed by atoms with Crippen LogP contribution in [0.2, 0.25) is 0 Å². The highest BCUT2D eigenvalue weighted by Gasteiger charge is 2.21. The second-order valence-corrected chi connectivity index (χ2v) is 8.43. The van der Waals surface area contributed by atoms with E-state index in [1.165, 1.54) is 29.9 Å². The Morgan fingerprint density at radius 2 is 1.88 bits per heavy atom. The quantitative estimate of drug-likeness (QED) is 0.550. The van der Waals surface area contributed by atoms with Crippen molar-refractivity contribution in [2.45, 2.75) is 58.5 Å². The van der Waals surface area contributed by atoms with Crippen molar-refractivity contribution in [3.05, 3.63) is 56.7 Å². The highest BCUT2D eigenvalue weighted by atomic mass is 16.4. The fraction of sp³-hybridized carbons (Fsp3) is 0.417. The molecule has 0 unspecified atom stereocenters. The molecule has 0 amide bonds. The summed E-state index contributed by atoms with van der Waals surface area (Å²) in [6.45, 7) is 2.89. The standard InChI is InChI=1S/C24H28N4O4/c1-2-14-27-23(31)20-22(28(24(27)32)15-17-6-4-3-5-7-17)26-21(25-20)18-11-8-16(9-12-18)10-13-19(29)30/h8-13,17H,2-7,14-15H2,1H3,(H,25,26)(H,29,30). The molecule has 2 N–H and O–H groups in total. The van der Waals surface area contributed by atoms with Crippen LogP contribution in [0.15, 0.2) is 39.9 Å². The van der Waals surface area contributed by atoms with Gasteiger partial charge in [0.2, 0.25) is 0 Å². The maximum Gasteiger partial charge on any atom is 0.332 e. The molecule has 2 heterocycles. The number of nitrogens with one attached hydrogen (secondary N) is 1. The topological polar surface area (TPSA) is 110 Å². The third-order valence-electron chi connectivity index (χ3n) is 6.08. The Hall–Kier alpha value is -3.42. The summed E-state index contributed by atoms with van der Waals surface area (Å²) in [5.74, 6) is -0.0831. The SMILES string of the molecule is CCCn1c(=O)c2[nH]c(-c3ccc(C=CC(=O)O)cc3)nc2n(CC2CCCCC2)c1=O. The van der Waals surface area contributed by atoms with Gasteiger partial charge < -0.3 is 10.1 Å². The molecule has 1 aromatic carbocycles. The van der Waals surface area contributed by atoms with Crippen molar-refractivity contribution >= 4 is 23.2 Å². The summed E-state index contributed by atoms with van der Waals surface area (Å²) in [7, 11) is 0. The highest BCUT2D eigenvalue weighted by Crippen LogP contribution is 2.26. The summed E-state index contributed by atoms with van der Waals surface area (Å²) in [6.07, 6.45) is 9.03. The lowest BCUT2D eigenvalue weighted by molar-refractivity contribution is -0.131. The fourth-order valence-corrected chi connectivity index (χ4v) is 4.44. The third-order valence-corrected chi connectivity index (χ3v) is 6.08. The highest BCUT2D eigenvalue weighted by molar-refractivity contribution is 5.85. The minimum atomic E-state index is -1.01. The van der Waals surface area contributed by atoms with Crippen molar-refractivity contribution in [1.29, 1.82) is 0 Å². The van der Waals surface area contributed by atoms with Gasteiger partial charge in [-0.2, -0.15) is 0 Å². The average Bonchev–Trinajstić information content (AvgIpc) is 3.25. The van der Waals surface area contributed by atoms with E-state index in [0.29, 0.717) is 42.4 Å². The Bertz CT molecular complexity index is 1260. The van der Waals surface area contributed by atoms with Crippen LogP contribution in [0.1, 0.15) is 51.0 Å². The van der Waals surface area contributed by atoms with Crippen molar-refractivity contribution < 1.29 is 9.90 Å². The molecule has 2 aromatic heterocycles. The van der Waals surface area contributed by atoms with E-state index >= 15 is 0 Å². The van der Waals surface area contributed by atoms with E-state index < -0.39 is 5.97 Å². The maximum atomic E-state index is 13.2. The summed E-state index contributed by atoms with van der Waals surface area (Å²) >= 11 is 0. The molecule has 1 saturated carbocycles. The molecular formula is C24H28N4O4. The molecule has 4 rings (SSSR count). The van der Waals surface area contributed by atoms with Gasteiger partial charge in [-0.1, -0.05) is 50.5 Å². The average molecular weight is 437 g/mol. The van der Waals surface area contributed by atoms with Gasteiger partial charge in [-0.3, -0.25) is 13.9 Å². The van der Waals surface area contributed by atoms with Gasteiger partial charge in [0.15, 0.2) is 5.65 Å². The molecule has 0 aliphatic heterocycles. The number of hydrogen-bond acceptors (Lipinski definition) is 4. The smallest absolute Gasteiger partial charge is 0.332 e. The zero-order valence-electron chi connectivity index (χ0n) is 18.2. The van der Waals surface area contributed by atoms with E-state index in [2.05, 4.69) is 9.97 Å². The molecule has 1 aliphatic carbocycles. The molecule has 1 aliphatic rings. The van der Waals surface area contributed by atoms with Gasteiger partial charge >= 0.3 is 11.7 Å². The van der Waals surface area contributed by atoms with E-state index in [4.69, 9.17) is 5.11 Å². The number of fused-ring (bicyclic) bond motifs is 1. The number of nitrogens with zero attached hydrogens (tertiary/aromatic N) is 3. The number of hydrogen-bond donors (Lipinski definition) is 2. The predicted octanol–water partition coefficient (Wildman–Crippen LogP) is 3.64. The number of carboxylic acid groups (broad SMARTS) is 1. The van der Waals surface area contributed by atoms with Crippen molar-refractivity contribution in [2.24, 2.45) is 5.92 Å². The Balaban J connectivity index is 1.78. The van der Waals surface area contributed by atoms with Gasteiger partial charge in [-0.25, -0.2) is 14.6 Å². The largest absolute Gasteiger partial charge is 0.478 e. The Labute approximate surface area is 185 Å². The molecule has 0 spiro atoms. The lowest BCUT2D eigenvalue weighted by Crippen LogP contribution is -2.41. The fourth-order valence-electron chi connectivity index (χ4n) is 4.44. The Morgan fingerprint density at radius 3 is 2.53 bits per heavy atom. The number of H-pyrrole nitrogens is 1. The first-order valence-electron chi connectivity index (χ1n) is 11.2. The monoisotopic (exact) mass is 436 g/mol. The summed E-state index contributed by atoms with van der Waals surface area (Å²) in [5, 5.41) is 8.78. The van der Waals surface area contributed by atoms with Crippen LogP contribution in [0.5, 0.6) is 0 Å². The first kappa shape index (κ1) is 21.8. The number of carboxylic acids is 1. The number of aromatic amines is 1. The van der Waals surface area contributed by atoms with Gasteiger partial charge in [0.05, 0.1) is 0 Å². The summed E-state index contributed by atoms with van der Waals surface area (Å²) in [4.78, 5) is 44.7. The second-order valence-electron chi connectivity index (χ2n) is 8.43. The predicted molar refractivity (Wildman–Crippen MR) is 124 cm³/mol. The molecule has 3 aromatic rings. The van der Waals surface area contributed by atoms with Crippen LogP contribution >= 0.6 is 0 Å². The molecule has 0 bridgehead atoms. The molecule has 8 nitrogen and oxygen atoms in total. The molecule has 168 valence electrons. The van der Waals surface area contributed by atoms with E-state index in [1.54, 1.807) is 16.7 Å². The van der Waals surface area contributed by atoms with Gasteiger partial charge in [-0.05, 0) is 36.8 Å². The van der Waals surface area contributed by atoms with E-state index in [9.17, 15) is 14.4 Å². The molecule has 8 heteroatoms. The molecule has 1 fully saturated rings. The molecular weight excluding hydrogens is 408 g/mol. The second kappa shape index (κ2) is 9.38. The number of imidazole rings is 1. The van der Waals surface area contributed by atoms with Crippen LogP contribution in [0.25, 0.3) is 28.6 Å². The first-order valence-corrected chi connectivity index (χ1v) is 11.2. The van der Waals surface area contributed by atoms with E-state index in [1.807, 2.05) is 19.1 Å². The number of benzene rings is 1. The molecule has 32 heavy (non-hydrogen) atoms. The van der Waals surface area contributed by atoms with Crippen LogP contribution < -0.4 is 11.2 Å². The van der Waals surface area contributed by atoms with Crippen LogP contribution in [0.4, 0.5) is 0 Å². The normalized spacial score (nSPS) is 15.0. The van der Waals surface area contributed by atoms with Gasteiger partial charge in [0.1, 0.15) is 11.3 Å². The number of carbonyl (C=O) groups is 1. The summed E-state index contributed by atoms with van der Waals surface area (Å²) in [5.41, 5.74) is 1.62. The lowest BCUT2D eigenvalue weighted by Gasteiger charge is -2.22. The zero-order valence-corrected chi connectivity index (χ0v) is 18.2. The Morgan fingerprint density at radius 1 is 1.16 bits per heavy atom. The van der Waals surface area contributed by atoms with Crippen molar-refractivity contribution in [3.63, 3.8) is 0 Å². The van der Waals surface area contributed by atoms with Gasteiger partial charge in [0, 0.05) is 24.7 Å². The van der Waals surface area contributed by atoms with Crippen molar-refractivity contribution in [3.8, 4) is 11.4 Å². The molecule has 0 radical (unpaired) electrons. The lowest BCUT2D eigenvalue weighted by atomic mass is 9.89. The zero-order chi connectivity index (χ0) is 22.7. The van der Waals surface area contributed by atoms with Crippen LogP contribution in [0, 0.1) is 5.92 Å².